The molecule has 5 nitrogen and oxygen atoms in total. The van der Waals surface area contributed by atoms with Crippen molar-refractivity contribution in [3.05, 3.63) is 35.3 Å². The summed E-state index contributed by atoms with van der Waals surface area (Å²) in [6.45, 7) is 7.43. The first-order chi connectivity index (χ1) is 11.9. The number of halogens is 1. The van der Waals surface area contributed by atoms with Gasteiger partial charge in [0.05, 0.1) is 34.1 Å². The molecule has 3 heterocycles. The van der Waals surface area contributed by atoms with Crippen LogP contribution >= 0.6 is 15.9 Å². The van der Waals surface area contributed by atoms with Crippen LogP contribution in [0.3, 0.4) is 0 Å². The molecule has 7 heteroatoms. The van der Waals surface area contributed by atoms with Crippen molar-refractivity contribution in [1.82, 2.24) is 14.5 Å². The number of nitrogens with zero attached hydrogens (tertiary/aromatic N) is 3. The van der Waals surface area contributed by atoms with Gasteiger partial charge in [-0.25, -0.2) is 4.98 Å². The first-order valence-corrected chi connectivity index (χ1v) is 7.22. The Kier molecular flexibility index (Phi) is 2.29. The summed E-state index contributed by atoms with van der Waals surface area (Å²) in [5, 5.41) is 0. The van der Waals surface area contributed by atoms with Crippen LogP contribution in [0.1, 0.15) is 34.5 Å². The molecule has 0 saturated carbocycles. The minimum absolute atomic E-state index is 0.0274. The third-order valence-corrected chi connectivity index (χ3v) is 4.10. The van der Waals surface area contributed by atoms with Crippen LogP contribution in [-0.2, 0) is 9.31 Å². The van der Waals surface area contributed by atoms with Crippen molar-refractivity contribution in [3.63, 3.8) is 0 Å². The number of aromatic nitrogens is 3. The van der Waals surface area contributed by atoms with E-state index in [1.165, 1.54) is 0 Å². The molecule has 1 aliphatic rings. The van der Waals surface area contributed by atoms with Gasteiger partial charge in [0.15, 0.2) is 0 Å². The molecule has 3 rings (SSSR count). The van der Waals surface area contributed by atoms with E-state index in [9.17, 15) is 0 Å². The van der Waals surface area contributed by atoms with Gasteiger partial charge in [0.25, 0.3) is 0 Å². The minimum atomic E-state index is -0.977. The molecule has 21 heavy (non-hydrogen) atoms. The average molecular weight is 355 g/mol. The van der Waals surface area contributed by atoms with E-state index in [4.69, 9.17) is 16.2 Å². The molecule has 0 amide bonds. The normalized spacial score (nSPS) is 23.3. The predicted molar refractivity (Wildman–Crippen MR) is 84.8 cm³/mol. The van der Waals surface area contributed by atoms with Gasteiger partial charge in [0.2, 0.25) is 0 Å². The van der Waals surface area contributed by atoms with Gasteiger partial charge in [-0.3, -0.25) is 4.98 Å². The zero-order chi connectivity index (χ0) is 19.6. The van der Waals surface area contributed by atoms with Gasteiger partial charge in [0, 0.05) is 6.17 Å². The molecule has 0 N–H and O–H groups in total. The maximum atomic E-state index is 8.29. The Balaban J connectivity index is 2.14. The summed E-state index contributed by atoms with van der Waals surface area (Å²) >= 11 is 3.06. The van der Waals surface area contributed by atoms with Crippen LogP contribution < -0.4 is 5.59 Å². The van der Waals surface area contributed by atoms with E-state index >= 15 is 0 Å². The third-order valence-electron chi connectivity index (χ3n) is 3.74. The van der Waals surface area contributed by atoms with Crippen LogP contribution in [-0.4, -0.2) is 32.9 Å². The van der Waals surface area contributed by atoms with E-state index in [1.54, 1.807) is 0 Å². The van der Waals surface area contributed by atoms with Crippen molar-refractivity contribution in [2.45, 2.75) is 38.9 Å². The van der Waals surface area contributed by atoms with Gasteiger partial charge in [-0.1, -0.05) is 0 Å². The van der Waals surface area contributed by atoms with Crippen LogP contribution in [0.25, 0.3) is 5.69 Å². The van der Waals surface area contributed by atoms with Crippen LogP contribution in [0.5, 0.6) is 0 Å². The summed E-state index contributed by atoms with van der Waals surface area (Å²) < 4.78 is 53.4. The minimum Gasteiger partial charge on any atom is -0.398 e. The Morgan fingerprint density at radius 3 is 2.43 bits per heavy atom. The maximum absolute atomic E-state index is 8.29. The lowest BCUT2D eigenvalue weighted by molar-refractivity contribution is 0.00578. The molecule has 2 aromatic rings. The predicted octanol–water partition coefficient (Wildman–Crippen LogP) is 2.33. The molecule has 2 aromatic heterocycles. The van der Waals surface area contributed by atoms with E-state index in [1.807, 2.05) is 27.7 Å². The monoisotopic (exact) mass is 354 g/mol. The van der Waals surface area contributed by atoms with E-state index < -0.39 is 18.3 Å². The highest BCUT2D eigenvalue weighted by Gasteiger charge is 2.52. The second kappa shape index (κ2) is 4.93. The van der Waals surface area contributed by atoms with Crippen LogP contribution in [0, 0.1) is 0 Å². The Labute approximate surface area is 140 Å². The van der Waals surface area contributed by atoms with Gasteiger partial charge in [-0.2, -0.15) is 0 Å². The summed E-state index contributed by atoms with van der Waals surface area (Å²) in [6.07, 6.45) is -0.877. The zero-order valence-electron chi connectivity index (χ0n) is 17.1. The molecular formula is C14H17BBrN3O2. The van der Waals surface area contributed by atoms with E-state index in [-0.39, 0.29) is 46.6 Å². The van der Waals surface area contributed by atoms with E-state index in [0.717, 1.165) is 4.57 Å². The molecule has 0 unspecified atom stereocenters. The molecule has 0 aliphatic carbocycles. The number of hydrogen-bond acceptors (Lipinski definition) is 4. The Morgan fingerprint density at radius 2 is 1.86 bits per heavy atom. The summed E-state index contributed by atoms with van der Waals surface area (Å²) in [6, 6.07) is -0.625. The lowest BCUT2D eigenvalue weighted by atomic mass is 9.84. The molecule has 1 saturated heterocycles. The Hall–Kier alpha value is -1.18. The highest BCUT2D eigenvalue weighted by Crippen LogP contribution is 2.36. The fraction of sp³-hybridized carbons (Fsp3) is 0.429. The van der Waals surface area contributed by atoms with Crippen molar-refractivity contribution < 1.29 is 16.2 Å². The van der Waals surface area contributed by atoms with Gasteiger partial charge >= 0.3 is 7.12 Å². The molecule has 1 aliphatic heterocycles. The van der Waals surface area contributed by atoms with E-state index in [0.29, 0.717) is 0 Å². The lowest BCUT2D eigenvalue weighted by Gasteiger charge is -2.32. The topological polar surface area (TPSA) is 49.2 Å². The smallest absolute Gasteiger partial charge is 0.398 e. The van der Waals surface area contributed by atoms with Gasteiger partial charge in [0.1, 0.15) is 12.3 Å². The summed E-state index contributed by atoms with van der Waals surface area (Å²) in [7, 11) is -0.977. The average Bonchev–Trinajstić information content (AvgIpc) is 2.88. The van der Waals surface area contributed by atoms with Crippen molar-refractivity contribution >= 4 is 28.6 Å². The fourth-order valence-electron chi connectivity index (χ4n) is 1.81. The third kappa shape index (κ3) is 2.65. The van der Waals surface area contributed by atoms with Crippen molar-refractivity contribution in [1.29, 1.82) is 0 Å². The molecular weight excluding hydrogens is 333 g/mol. The zero-order valence-corrected chi connectivity index (χ0v) is 13.7. The molecule has 1 fully saturated rings. The maximum Gasteiger partial charge on any atom is 0.514 e. The van der Waals surface area contributed by atoms with Crippen molar-refractivity contribution in [2.24, 2.45) is 0 Å². The quantitative estimate of drug-likeness (QED) is 0.776. The number of imidazole rings is 1. The number of hydrogen-bond donors (Lipinski definition) is 0. The van der Waals surface area contributed by atoms with Gasteiger partial charge < -0.3 is 13.9 Å². The van der Waals surface area contributed by atoms with Crippen LogP contribution in [0.4, 0.5) is 0 Å². The Bertz CT molecular complexity index is 889. The first kappa shape index (κ1) is 9.76. The van der Waals surface area contributed by atoms with Gasteiger partial charge in [-0.15, -0.1) is 0 Å². The molecule has 110 valence electrons. The standard InChI is InChI=1S/C14H17BBrN3O2/c1-13(2)14(3,4)21-15(20-13)11-6-5-10(7-17-11)19-8-12(16)18-9-19/h5-9H,1-4H3/i5D,6D,7D,8D,9D. The van der Waals surface area contributed by atoms with Crippen molar-refractivity contribution in [3.8, 4) is 5.69 Å². The SMILES string of the molecule is [2H]c1nc(B2OC(C)(C)C(C)(C)O2)c([2H])c([2H])c1-n1c([2H])nc(Br)c1[2H]. The fourth-order valence-corrected chi connectivity index (χ4v) is 2.06. The highest BCUT2D eigenvalue weighted by molar-refractivity contribution is 9.10. The van der Waals surface area contributed by atoms with Crippen LogP contribution in [0.2, 0.25) is 0 Å². The van der Waals surface area contributed by atoms with E-state index in [2.05, 4.69) is 25.9 Å². The van der Waals surface area contributed by atoms with Crippen LogP contribution in [0.15, 0.2) is 35.3 Å². The molecule has 0 spiro atoms. The highest BCUT2D eigenvalue weighted by atomic mass is 79.9. The summed E-state index contributed by atoms with van der Waals surface area (Å²) in [5.41, 5.74) is -1.41. The first-order valence-electron chi connectivity index (χ1n) is 8.92. The largest absolute Gasteiger partial charge is 0.514 e. The second-order valence-electron chi connectivity index (χ2n) is 5.75. The number of pyridine rings is 1. The lowest BCUT2D eigenvalue weighted by Crippen LogP contribution is -2.41. The van der Waals surface area contributed by atoms with Crippen molar-refractivity contribution in [2.75, 3.05) is 0 Å². The second-order valence-corrected chi connectivity index (χ2v) is 6.50. The number of rotatable bonds is 2. The molecule has 0 aromatic carbocycles. The summed E-state index contributed by atoms with van der Waals surface area (Å²) in [5.74, 6) is 0. The molecule has 0 radical (unpaired) electrons. The van der Waals surface area contributed by atoms with Gasteiger partial charge in [-0.05, 0) is 55.7 Å². The summed E-state index contributed by atoms with van der Waals surface area (Å²) in [4.78, 5) is 7.88. The molecule has 0 bridgehead atoms. The molecule has 0 atom stereocenters. The Morgan fingerprint density at radius 1 is 1.19 bits per heavy atom.